The minimum atomic E-state index is 0.620. The van der Waals surface area contributed by atoms with Gasteiger partial charge >= 0.3 is 0 Å². The van der Waals surface area contributed by atoms with Gasteiger partial charge in [0.25, 0.3) is 0 Å². The van der Waals surface area contributed by atoms with Crippen molar-refractivity contribution in [1.29, 1.82) is 0 Å². The molecule has 0 radical (unpaired) electrons. The second kappa shape index (κ2) is 6.90. The maximum atomic E-state index is 5.98. The fraction of sp³-hybridized carbons (Fsp3) is 0.400. The van der Waals surface area contributed by atoms with E-state index in [1.54, 1.807) is 4.68 Å². The molecule has 0 amide bonds. The van der Waals surface area contributed by atoms with Crippen molar-refractivity contribution < 1.29 is 4.74 Å². The minimum absolute atomic E-state index is 0.620. The van der Waals surface area contributed by atoms with E-state index in [4.69, 9.17) is 10.5 Å². The molecule has 2 N–H and O–H groups in total. The van der Waals surface area contributed by atoms with Crippen LogP contribution in [0.1, 0.15) is 16.7 Å². The first kappa shape index (κ1) is 15.1. The molecule has 2 aromatic rings. The largest absolute Gasteiger partial charge is 0.493 e. The van der Waals surface area contributed by atoms with Crippen molar-refractivity contribution in [2.24, 2.45) is 12.8 Å². The Labute approximate surface area is 128 Å². The summed E-state index contributed by atoms with van der Waals surface area (Å²) in [6.07, 6.45) is 5.56. The first-order chi connectivity index (χ1) is 9.60. The lowest BCUT2D eigenvalue weighted by Crippen LogP contribution is -2.08. The second-order valence-corrected chi connectivity index (χ2v) is 5.79. The summed E-state index contributed by atoms with van der Waals surface area (Å²) in [6, 6.07) is 4.15. The van der Waals surface area contributed by atoms with E-state index in [1.807, 2.05) is 19.4 Å². The molecule has 0 aliphatic rings. The summed E-state index contributed by atoms with van der Waals surface area (Å²) < 4.78 is 8.85. The topological polar surface area (TPSA) is 53.1 Å². The molecule has 0 spiro atoms. The van der Waals surface area contributed by atoms with Crippen LogP contribution < -0.4 is 10.5 Å². The third kappa shape index (κ3) is 3.84. The van der Waals surface area contributed by atoms with Crippen LogP contribution in [0.2, 0.25) is 0 Å². The summed E-state index contributed by atoms with van der Waals surface area (Å²) in [7, 11) is 1.92. The second-order valence-electron chi connectivity index (χ2n) is 4.87. The van der Waals surface area contributed by atoms with E-state index in [9.17, 15) is 0 Å². The van der Waals surface area contributed by atoms with Gasteiger partial charge in [-0.15, -0.1) is 0 Å². The Bertz CT molecular complexity index is 580. The summed E-state index contributed by atoms with van der Waals surface area (Å²) in [5.74, 6) is 0.961. The van der Waals surface area contributed by atoms with Crippen molar-refractivity contribution >= 4 is 15.9 Å². The monoisotopic (exact) mass is 337 g/mol. The fourth-order valence-corrected chi connectivity index (χ4v) is 2.84. The standard InChI is InChI=1S/C15H20BrN3O/c1-11-7-14(16)8-13(3-5-17)15(11)20-6-4-12-9-18-19(2)10-12/h7-10H,3-6,17H2,1-2H3. The van der Waals surface area contributed by atoms with Crippen LogP contribution in [0.5, 0.6) is 5.75 Å². The normalized spacial score (nSPS) is 10.8. The highest BCUT2D eigenvalue weighted by atomic mass is 79.9. The SMILES string of the molecule is Cc1cc(Br)cc(CCN)c1OCCc1cnn(C)c1. The molecular weight excluding hydrogens is 318 g/mol. The molecular formula is C15H20BrN3O. The molecule has 20 heavy (non-hydrogen) atoms. The number of aromatic nitrogens is 2. The van der Waals surface area contributed by atoms with Crippen LogP contribution in [0.25, 0.3) is 0 Å². The average Bonchev–Trinajstić information content (AvgIpc) is 2.78. The lowest BCUT2D eigenvalue weighted by atomic mass is 10.1. The number of rotatable bonds is 6. The van der Waals surface area contributed by atoms with Crippen molar-refractivity contribution in [1.82, 2.24) is 9.78 Å². The maximum Gasteiger partial charge on any atom is 0.125 e. The smallest absolute Gasteiger partial charge is 0.125 e. The van der Waals surface area contributed by atoms with Crippen LogP contribution in [-0.2, 0) is 19.9 Å². The summed E-state index contributed by atoms with van der Waals surface area (Å²) in [4.78, 5) is 0. The zero-order valence-corrected chi connectivity index (χ0v) is 13.5. The predicted octanol–water partition coefficient (Wildman–Crippen LogP) is 2.61. The summed E-state index contributed by atoms with van der Waals surface area (Å²) in [5, 5.41) is 4.16. The van der Waals surface area contributed by atoms with Gasteiger partial charge in [-0.2, -0.15) is 5.10 Å². The van der Waals surface area contributed by atoms with E-state index in [1.165, 1.54) is 5.56 Å². The van der Waals surface area contributed by atoms with E-state index in [-0.39, 0.29) is 0 Å². The highest BCUT2D eigenvalue weighted by Crippen LogP contribution is 2.28. The first-order valence-electron chi connectivity index (χ1n) is 6.69. The fourth-order valence-electron chi connectivity index (χ4n) is 2.22. The van der Waals surface area contributed by atoms with Gasteiger partial charge < -0.3 is 10.5 Å². The van der Waals surface area contributed by atoms with E-state index < -0.39 is 0 Å². The molecule has 0 aliphatic carbocycles. The van der Waals surface area contributed by atoms with Gasteiger partial charge in [0.15, 0.2) is 0 Å². The zero-order chi connectivity index (χ0) is 14.5. The number of aryl methyl sites for hydroxylation is 2. The Kier molecular flexibility index (Phi) is 5.20. The molecule has 5 heteroatoms. The van der Waals surface area contributed by atoms with Crippen molar-refractivity contribution in [2.45, 2.75) is 19.8 Å². The number of hydrogen-bond donors (Lipinski definition) is 1. The average molecular weight is 338 g/mol. The van der Waals surface area contributed by atoms with Crippen LogP contribution in [0, 0.1) is 6.92 Å². The predicted molar refractivity (Wildman–Crippen MR) is 84.0 cm³/mol. The van der Waals surface area contributed by atoms with Gasteiger partial charge in [0.05, 0.1) is 12.8 Å². The number of hydrogen-bond acceptors (Lipinski definition) is 3. The number of ether oxygens (including phenoxy) is 1. The molecule has 0 aliphatic heterocycles. The van der Waals surface area contributed by atoms with Gasteiger partial charge in [-0.3, -0.25) is 4.68 Å². The van der Waals surface area contributed by atoms with Crippen LogP contribution in [0.3, 0.4) is 0 Å². The Morgan fingerprint density at radius 2 is 2.15 bits per heavy atom. The lowest BCUT2D eigenvalue weighted by Gasteiger charge is -2.14. The van der Waals surface area contributed by atoms with Gasteiger partial charge in [0.1, 0.15) is 5.75 Å². The van der Waals surface area contributed by atoms with Gasteiger partial charge in [-0.05, 0) is 48.7 Å². The van der Waals surface area contributed by atoms with E-state index in [0.29, 0.717) is 13.2 Å². The molecule has 1 aromatic heterocycles. The lowest BCUT2D eigenvalue weighted by molar-refractivity contribution is 0.316. The van der Waals surface area contributed by atoms with Crippen LogP contribution in [0.15, 0.2) is 29.0 Å². The van der Waals surface area contributed by atoms with E-state index >= 15 is 0 Å². The van der Waals surface area contributed by atoms with Crippen molar-refractivity contribution in [3.8, 4) is 5.75 Å². The Morgan fingerprint density at radius 3 is 2.80 bits per heavy atom. The summed E-state index contributed by atoms with van der Waals surface area (Å²) >= 11 is 3.52. The van der Waals surface area contributed by atoms with E-state index in [2.05, 4.69) is 40.1 Å². The highest BCUT2D eigenvalue weighted by molar-refractivity contribution is 9.10. The van der Waals surface area contributed by atoms with Gasteiger partial charge in [-0.1, -0.05) is 15.9 Å². The summed E-state index contributed by atoms with van der Waals surface area (Å²) in [5.41, 5.74) is 9.14. The molecule has 0 unspecified atom stereocenters. The third-order valence-corrected chi connectivity index (χ3v) is 3.58. The Morgan fingerprint density at radius 1 is 1.35 bits per heavy atom. The number of nitrogens with zero attached hydrogens (tertiary/aromatic N) is 2. The Balaban J connectivity index is 2.04. The van der Waals surface area contributed by atoms with Crippen LogP contribution in [-0.4, -0.2) is 22.9 Å². The van der Waals surface area contributed by atoms with Crippen LogP contribution in [0.4, 0.5) is 0 Å². The molecule has 0 atom stereocenters. The molecule has 0 saturated heterocycles. The molecule has 0 saturated carbocycles. The van der Waals surface area contributed by atoms with E-state index in [0.717, 1.165) is 34.2 Å². The van der Waals surface area contributed by atoms with Gasteiger partial charge in [0, 0.05) is 24.1 Å². The minimum Gasteiger partial charge on any atom is -0.493 e. The molecule has 0 bridgehead atoms. The van der Waals surface area contributed by atoms with Crippen molar-refractivity contribution in [3.05, 3.63) is 45.7 Å². The quantitative estimate of drug-likeness (QED) is 0.881. The molecule has 108 valence electrons. The highest BCUT2D eigenvalue weighted by Gasteiger charge is 2.09. The number of nitrogens with two attached hydrogens (primary N) is 1. The third-order valence-electron chi connectivity index (χ3n) is 3.13. The maximum absolute atomic E-state index is 5.98. The molecule has 4 nitrogen and oxygen atoms in total. The molecule has 2 rings (SSSR count). The Hall–Kier alpha value is -1.33. The molecule has 1 aromatic carbocycles. The van der Waals surface area contributed by atoms with Gasteiger partial charge in [0.2, 0.25) is 0 Å². The molecule has 1 heterocycles. The molecule has 0 fully saturated rings. The van der Waals surface area contributed by atoms with Crippen molar-refractivity contribution in [2.75, 3.05) is 13.2 Å². The summed E-state index contributed by atoms with van der Waals surface area (Å²) in [6.45, 7) is 3.32. The number of benzene rings is 1. The van der Waals surface area contributed by atoms with Crippen LogP contribution >= 0.6 is 15.9 Å². The van der Waals surface area contributed by atoms with Gasteiger partial charge in [-0.25, -0.2) is 0 Å². The number of halogens is 1. The van der Waals surface area contributed by atoms with Crippen molar-refractivity contribution in [3.63, 3.8) is 0 Å². The zero-order valence-electron chi connectivity index (χ0n) is 11.9. The first-order valence-corrected chi connectivity index (χ1v) is 7.49.